The molecule has 0 atom stereocenters. The fourth-order valence-electron chi connectivity index (χ4n) is 1.95. The van der Waals surface area contributed by atoms with E-state index >= 15 is 0 Å². The van der Waals surface area contributed by atoms with Crippen molar-refractivity contribution in [1.29, 1.82) is 0 Å². The molecule has 0 aromatic heterocycles. The number of aryl methyl sites for hydroxylation is 1. The van der Waals surface area contributed by atoms with Gasteiger partial charge in [0.25, 0.3) is 0 Å². The fraction of sp³-hybridized carbons (Fsp3) is 0.188. The van der Waals surface area contributed by atoms with E-state index in [0.29, 0.717) is 28.3 Å². The lowest BCUT2D eigenvalue weighted by Gasteiger charge is -2.12. The normalized spacial score (nSPS) is 10.2. The fourth-order valence-corrected chi connectivity index (χ4v) is 1.95. The van der Waals surface area contributed by atoms with Gasteiger partial charge in [-0.3, -0.25) is 4.79 Å². The van der Waals surface area contributed by atoms with E-state index in [2.05, 4.69) is 0 Å². The van der Waals surface area contributed by atoms with Crippen LogP contribution in [0, 0.1) is 6.92 Å². The first-order valence-electron chi connectivity index (χ1n) is 6.19. The predicted octanol–water partition coefficient (Wildman–Crippen LogP) is 2.83. The number of hydrogen-bond donors (Lipinski definition) is 1. The smallest absolute Gasteiger partial charge is 0.195 e. The predicted molar refractivity (Wildman–Crippen MR) is 78.6 cm³/mol. The Morgan fingerprint density at radius 1 is 1.00 bits per heavy atom. The molecular weight excluding hydrogens is 254 g/mol. The van der Waals surface area contributed by atoms with E-state index in [1.165, 1.54) is 14.2 Å². The lowest BCUT2D eigenvalue weighted by Crippen LogP contribution is -2.06. The minimum atomic E-state index is -0.136. The van der Waals surface area contributed by atoms with E-state index in [0.717, 1.165) is 5.56 Å². The molecule has 0 aliphatic rings. The molecule has 0 amide bonds. The highest BCUT2D eigenvalue weighted by molar-refractivity contribution is 6.12. The molecule has 0 spiro atoms. The zero-order valence-corrected chi connectivity index (χ0v) is 11.8. The topological polar surface area (TPSA) is 61.5 Å². The van der Waals surface area contributed by atoms with Crippen molar-refractivity contribution >= 4 is 11.5 Å². The van der Waals surface area contributed by atoms with Crippen LogP contribution in [0.1, 0.15) is 21.5 Å². The SMILES string of the molecule is COc1cc(N)c(C(=O)c2ccc(C)cc2)cc1OC. The lowest BCUT2D eigenvalue weighted by atomic mass is 10.0. The van der Waals surface area contributed by atoms with E-state index in [-0.39, 0.29) is 5.78 Å². The molecule has 2 N–H and O–H groups in total. The molecule has 0 radical (unpaired) electrons. The van der Waals surface area contributed by atoms with Gasteiger partial charge in [0.2, 0.25) is 0 Å². The minimum Gasteiger partial charge on any atom is -0.493 e. The Kier molecular flexibility index (Phi) is 3.94. The summed E-state index contributed by atoms with van der Waals surface area (Å²) in [6.07, 6.45) is 0. The number of ether oxygens (including phenoxy) is 2. The van der Waals surface area contributed by atoms with Crippen LogP contribution in [0.25, 0.3) is 0 Å². The number of ketones is 1. The maximum Gasteiger partial charge on any atom is 0.195 e. The van der Waals surface area contributed by atoms with Gasteiger partial charge in [0, 0.05) is 22.9 Å². The van der Waals surface area contributed by atoms with Gasteiger partial charge >= 0.3 is 0 Å². The number of hydrogen-bond acceptors (Lipinski definition) is 4. The van der Waals surface area contributed by atoms with Crippen molar-refractivity contribution in [3.8, 4) is 11.5 Å². The van der Waals surface area contributed by atoms with Gasteiger partial charge in [-0.2, -0.15) is 0 Å². The molecule has 0 heterocycles. The van der Waals surface area contributed by atoms with Gasteiger partial charge in [-0.25, -0.2) is 0 Å². The summed E-state index contributed by atoms with van der Waals surface area (Å²) < 4.78 is 10.4. The standard InChI is InChI=1S/C16H17NO3/c1-10-4-6-11(7-5-10)16(18)12-8-14(19-2)15(20-3)9-13(12)17/h4-9H,17H2,1-3H3. The number of benzene rings is 2. The van der Waals surface area contributed by atoms with Crippen molar-refractivity contribution in [2.45, 2.75) is 6.92 Å². The van der Waals surface area contributed by atoms with Gasteiger partial charge < -0.3 is 15.2 Å². The molecule has 0 fully saturated rings. The van der Waals surface area contributed by atoms with Gasteiger partial charge in [0.15, 0.2) is 17.3 Å². The van der Waals surface area contributed by atoms with E-state index in [1.54, 1.807) is 24.3 Å². The number of nitrogens with two attached hydrogens (primary N) is 1. The Morgan fingerprint density at radius 2 is 1.55 bits per heavy atom. The van der Waals surface area contributed by atoms with Crippen LogP contribution in [0.15, 0.2) is 36.4 Å². The largest absolute Gasteiger partial charge is 0.493 e. The van der Waals surface area contributed by atoms with Gasteiger partial charge in [-0.05, 0) is 13.0 Å². The second-order valence-corrected chi connectivity index (χ2v) is 4.49. The van der Waals surface area contributed by atoms with Crippen molar-refractivity contribution in [2.24, 2.45) is 0 Å². The molecule has 0 unspecified atom stereocenters. The Labute approximate surface area is 118 Å². The summed E-state index contributed by atoms with van der Waals surface area (Å²) in [6, 6.07) is 10.6. The van der Waals surface area contributed by atoms with Gasteiger partial charge in [0.05, 0.1) is 14.2 Å². The Balaban J connectivity index is 2.46. The highest BCUT2D eigenvalue weighted by Crippen LogP contribution is 2.32. The van der Waals surface area contributed by atoms with Crippen molar-refractivity contribution < 1.29 is 14.3 Å². The summed E-state index contributed by atoms with van der Waals surface area (Å²) in [4.78, 5) is 12.5. The molecule has 0 bridgehead atoms. The monoisotopic (exact) mass is 271 g/mol. The molecule has 0 aliphatic carbocycles. The van der Waals surface area contributed by atoms with Crippen LogP contribution in [0.3, 0.4) is 0 Å². The lowest BCUT2D eigenvalue weighted by molar-refractivity contribution is 0.103. The van der Waals surface area contributed by atoms with Crippen LogP contribution in [-0.4, -0.2) is 20.0 Å². The minimum absolute atomic E-state index is 0.136. The summed E-state index contributed by atoms with van der Waals surface area (Å²) in [6.45, 7) is 1.97. The summed E-state index contributed by atoms with van der Waals surface area (Å²) in [5.74, 6) is 0.853. The molecule has 2 aromatic carbocycles. The second-order valence-electron chi connectivity index (χ2n) is 4.49. The van der Waals surface area contributed by atoms with Crippen LogP contribution in [-0.2, 0) is 0 Å². The zero-order chi connectivity index (χ0) is 14.7. The third kappa shape index (κ3) is 2.59. The van der Waals surface area contributed by atoms with Crippen molar-refractivity contribution in [3.05, 3.63) is 53.1 Å². The van der Waals surface area contributed by atoms with Crippen LogP contribution in [0.5, 0.6) is 11.5 Å². The molecule has 20 heavy (non-hydrogen) atoms. The number of anilines is 1. The number of carbonyl (C=O) groups is 1. The summed E-state index contributed by atoms with van der Waals surface area (Å²) >= 11 is 0. The second kappa shape index (κ2) is 5.65. The van der Waals surface area contributed by atoms with Gasteiger partial charge in [-0.1, -0.05) is 29.8 Å². The van der Waals surface area contributed by atoms with Crippen LogP contribution in [0.4, 0.5) is 5.69 Å². The van der Waals surface area contributed by atoms with Gasteiger partial charge in [0.1, 0.15) is 0 Å². The molecule has 2 aromatic rings. The average molecular weight is 271 g/mol. The van der Waals surface area contributed by atoms with Crippen LogP contribution < -0.4 is 15.2 Å². The summed E-state index contributed by atoms with van der Waals surface area (Å²) in [5, 5.41) is 0. The summed E-state index contributed by atoms with van der Waals surface area (Å²) in [5.41, 5.74) is 8.40. The van der Waals surface area contributed by atoms with E-state index in [9.17, 15) is 4.79 Å². The van der Waals surface area contributed by atoms with Crippen molar-refractivity contribution in [3.63, 3.8) is 0 Å². The summed E-state index contributed by atoms with van der Waals surface area (Å²) in [7, 11) is 3.05. The molecule has 0 saturated carbocycles. The highest BCUT2D eigenvalue weighted by Gasteiger charge is 2.16. The number of carbonyl (C=O) groups excluding carboxylic acids is 1. The number of methoxy groups -OCH3 is 2. The third-order valence-corrected chi connectivity index (χ3v) is 3.11. The maximum atomic E-state index is 12.5. The van der Waals surface area contributed by atoms with Crippen molar-refractivity contribution in [1.82, 2.24) is 0 Å². The molecule has 4 nitrogen and oxygen atoms in total. The van der Waals surface area contributed by atoms with E-state index in [4.69, 9.17) is 15.2 Å². The number of nitrogen functional groups attached to an aromatic ring is 1. The highest BCUT2D eigenvalue weighted by atomic mass is 16.5. The Hall–Kier alpha value is -2.49. The number of rotatable bonds is 4. The molecule has 104 valence electrons. The zero-order valence-electron chi connectivity index (χ0n) is 11.8. The first-order valence-corrected chi connectivity index (χ1v) is 6.19. The van der Waals surface area contributed by atoms with Gasteiger partial charge in [-0.15, -0.1) is 0 Å². The van der Waals surface area contributed by atoms with Crippen LogP contribution in [0.2, 0.25) is 0 Å². The first-order chi connectivity index (χ1) is 9.56. The third-order valence-electron chi connectivity index (χ3n) is 3.11. The van der Waals surface area contributed by atoms with E-state index < -0.39 is 0 Å². The average Bonchev–Trinajstić information content (AvgIpc) is 2.47. The van der Waals surface area contributed by atoms with Crippen molar-refractivity contribution in [2.75, 3.05) is 20.0 Å². The molecule has 0 aliphatic heterocycles. The molecule has 2 rings (SSSR count). The quantitative estimate of drug-likeness (QED) is 0.686. The first kappa shape index (κ1) is 13.9. The van der Waals surface area contributed by atoms with Crippen LogP contribution >= 0.6 is 0 Å². The Morgan fingerprint density at radius 3 is 2.10 bits per heavy atom. The molecule has 4 heteroatoms. The molecular formula is C16H17NO3. The molecule has 0 saturated heterocycles. The Bertz CT molecular complexity index is 633. The maximum absolute atomic E-state index is 12.5. The van der Waals surface area contributed by atoms with E-state index in [1.807, 2.05) is 19.1 Å².